The van der Waals surface area contributed by atoms with Crippen LogP contribution >= 0.6 is 0 Å². The normalized spacial score (nSPS) is 14.5. The fourth-order valence-electron chi connectivity index (χ4n) is 2.47. The highest BCUT2D eigenvalue weighted by atomic mass is 16.6. The molecule has 124 valence electrons. The molecule has 0 aliphatic carbocycles. The molecule has 1 aromatic heterocycles. The minimum atomic E-state index is -2.13. The summed E-state index contributed by atoms with van der Waals surface area (Å²) in [6, 6.07) is 7.55. The molecule has 23 heavy (non-hydrogen) atoms. The van der Waals surface area contributed by atoms with E-state index < -0.39 is 23.1 Å². The summed E-state index contributed by atoms with van der Waals surface area (Å²) in [5.41, 5.74) is 4.64. The van der Waals surface area contributed by atoms with Crippen LogP contribution in [0.15, 0.2) is 30.5 Å². The fourth-order valence-corrected chi connectivity index (χ4v) is 2.47. The highest BCUT2D eigenvalue weighted by molar-refractivity contribution is 6.04. The molecule has 1 aromatic carbocycles. The average Bonchev–Trinajstić information content (AvgIpc) is 2.73. The monoisotopic (exact) mass is 318 g/mol. The van der Waals surface area contributed by atoms with Crippen LogP contribution in [0.1, 0.15) is 26.3 Å². The second kappa shape index (κ2) is 5.70. The summed E-state index contributed by atoms with van der Waals surface area (Å²) < 4.78 is 7.08. The van der Waals surface area contributed by atoms with Crippen LogP contribution < -0.4 is 5.73 Å². The molecule has 6 heteroatoms. The zero-order valence-corrected chi connectivity index (χ0v) is 13.8. The topological polar surface area (TPSA) is 94.5 Å². The Morgan fingerprint density at radius 1 is 1.26 bits per heavy atom. The van der Waals surface area contributed by atoms with Crippen LogP contribution in [0.4, 0.5) is 0 Å². The van der Waals surface area contributed by atoms with Crippen molar-refractivity contribution in [3.05, 3.63) is 36.0 Å². The predicted molar refractivity (Wildman–Crippen MR) is 87.0 cm³/mol. The quantitative estimate of drug-likeness (QED) is 0.662. The van der Waals surface area contributed by atoms with Gasteiger partial charge in [0.25, 0.3) is 0 Å². The Balaban J connectivity index is 2.42. The van der Waals surface area contributed by atoms with Gasteiger partial charge < -0.3 is 20.1 Å². The number of nitrogens with two attached hydrogens (primary N) is 1. The van der Waals surface area contributed by atoms with Gasteiger partial charge in [0.2, 0.25) is 5.54 Å². The van der Waals surface area contributed by atoms with Gasteiger partial charge in [-0.05, 0) is 32.4 Å². The molecule has 0 amide bonds. The van der Waals surface area contributed by atoms with Crippen molar-refractivity contribution in [1.29, 1.82) is 0 Å². The molecular formula is C17H22N2O4. The van der Waals surface area contributed by atoms with Crippen molar-refractivity contribution in [2.75, 3.05) is 0 Å². The second-order valence-electron chi connectivity index (χ2n) is 6.74. The maximum atomic E-state index is 12.3. The van der Waals surface area contributed by atoms with Crippen LogP contribution in [-0.2, 0) is 27.8 Å². The van der Waals surface area contributed by atoms with E-state index in [0.29, 0.717) is 5.56 Å². The molecule has 1 heterocycles. The first kappa shape index (κ1) is 17.0. The Morgan fingerprint density at radius 2 is 1.87 bits per heavy atom. The maximum absolute atomic E-state index is 12.3. The molecule has 0 unspecified atom stereocenters. The third-order valence-electron chi connectivity index (χ3n) is 3.59. The third-order valence-corrected chi connectivity index (χ3v) is 3.59. The van der Waals surface area contributed by atoms with E-state index in [2.05, 4.69) is 0 Å². The van der Waals surface area contributed by atoms with Gasteiger partial charge in [-0.2, -0.15) is 0 Å². The summed E-state index contributed by atoms with van der Waals surface area (Å²) in [4.78, 5) is 24.0. The number of hydrogen-bond donors (Lipinski definition) is 2. The zero-order valence-electron chi connectivity index (χ0n) is 13.8. The summed E-state index contributed by atoms with van der Waals surface area (Å²) in [7, 11) is 1.86. The molecule has 2 rings (SSSR count). The van der Waals surface area contributed by atoms with Crippen LogP contribution in [0.3, 0.4) is 0 Å². The molecule has 6 nitrogen and oxygen atoms in total. The van der Waals surface area contributed by atoms with E-state index in [1.54, 1.807) is 27.0 Å². The van der Waals surface area contributed by atoms with Crippen LogP contribution in [0.5, 0.6) is 0 Å². The van der Waals surface area contributed by atoms with Gasteiger partial charge in [0, 0.05) is 30.6 Å². The third kappa shape index (κ3) is 3.37. The van der Waals surface area contributed by atoms with E-state index in [0.717, 1.165) is 10.9 Å². The van der Waals surface area contributed by atoms with Crippen molar-refractivity contribution < 1.29 is 19.4 Å². The Morgan fingerprint density at radius 3 is 2.43 bits per heavy atom. The molecule has 2 aromatic rings. The lowest BCUT2D eigenvalue weighted by atomic mass is 9.91. The highest BCUT2D eigenvalue weighted by Crippen LogP contribution is 2.25. The lowest BCUT2D eigenvalue weighted by Gasteiger charge is -2.28. The molecule has 0 radical (unpaired) electrons. The standard InChI is InChI=1S/C17H22N2O4/c1-16(2,3)23-15(22)17(18,14(20)21)9-11-10-19(4)13-8-6-5-7-12(11)13/h5-8,10H,9,18H2,1-4H3,(H,20,21)/t17-/m1/s1. The number of para-hydroxylation sites is 1. The number of aryl methyl sites for hydroxylation is 1. The number of carbonyl (C=O) groups excluding carboxylic acids is 1. The van der Waals surface area contributed by atoms with Crippen LogP contribution in [0, 0.1) is 0 Å². The second-order valence-corrected chi connectivity index (χ2v) is 6.74. The van der Waals surface area contributed by atoms with Crippen LogP contribution in [0.2, 0.25) is 0 Å². The molecule has 0 bridgehead atoms. The summed E-state index contributed by atoms with van der Waals surface area (Å²) in [5, 5.41) is 10.4. The number of fused-ring (bicyclic) bond motifs is 1. The Kier molecular flexibility index (Phi) is 4.22. The van der Waals surface area contributed by atoms with Gasteiger partial charge in [-0.3, -0.25) is 0 Å². The summed E-state index contributed by atoms with van der Waals surface area (Å²) in [6.45, 7) is 5.02. The smallest absolute Gasteiger partial charge is 0.338 e. The van der Waals surface area contributed by atoms with E-state index in [-0.39, 0.29) is 6.42 Å². The molecule has 0 fully saturated rings. The van der Waals surface area contributed by atoms with E-state index >= 15 is 0 Å². The SMILES string of the molecule is Cn1cc(C[C@@](N)(C(=O)O)C(=O)OC(C)(C)C)c2ccccc21. The first-order valence-corrected chi connectivity index (χ1v) is 7.33. The fraction of sp³-hybridized carbons (Fsp3) is 0.412. The Labute approximate surface area is 134 Å². The number of hydrogen-bond acceptors (Lipinski definition) is 4. The number of aliphatic carboxylic acids is 1. The van der Waals surface area contributed by atoms with Crippen molar-refractivity contribution in [3.8, 4) is 0 Å². The van der Waals surface area contributed by atoms with Gasteiger partial charge in [0.05, 0.1) is 0 Å². The number of aromatic nitrogens is 1. The highest BCUT2D eigenvalue weighted by Gasteiger charge is 2.46. The molecule has 0 saturated carbocycles. The molecule has 3 N–H and O–H groups in total. The number of benzene rings is 1. The van der Waals surface area contributed by atoms with Crippen molar-refractivity contribution in [3.63, 3.8) is 0 Å². The van der Waals surface area contributed by atoms with Gasteiger partial charge in [0.15, 0.2) is 0 Å². The number of nitrogens with zero attached hydrogens (tertiary/aromatic N) is 1. The van der Waals surface area contributed by atoms with Gasteiger partial charge in [-0.15, -0.1) is 0 Å². The first-order valence-electron chi connectivity index (χ1n) is 7.33. The average molecular weight is 318 g/mol. The number of carboxylic acids is 1. The van der Waals surface area contributed by atoms with Crippen molar-refractivity contribution in [2.45, 2.75) is 38.3 Å². The van der Waals surface area contributed by atoms with Crippen molar-refractivity contribution in [1.82, 2.24) is 4.57 Å². The predicted octanol–water partition coefficient (Wildman–Crippen LogP) is 1.84. The Bertz CT molecular complexity index is 758. The Hall–Kier alpha value is -2.34. The van der Waals surface area contributed by atoms with E-state index in [1.165, 1.54) is 0 Å². The minimum Gasteiger partial charge on any atom is -0.479 e. The number of carbonyl (C=O) groups is 2. The number of rotatable bonds is 4. The molecule has 0 aliphatic heterocycles. The van der Waals surface area contributed by atoms with Crippen molar-refractivity contribution >= 4 is 22.8 Å². The van der Waals surface area contributed by atoms with Gasteiger partial charge in [-0.25, -0.2) is 9.59 Å². The largest absolute Gasteiger partial charge is 0.479 e. The zero-order chi connectivity index (χ0) is 17.4. The lowest BCUT2D eigenvalue weighted by Crippen LogP contribution is -2.58. The van der Waals surface area contributed by atoms with E-state index in [9.17, 15) is 14.7 Å². The number of carboxylic acid groups (broad SMARTS) is 1. The maximum Gasteiger partial charge on any atom is 0.338 e. The number of ether oxygens (including phenoxy) is 1. The van der Waals surface area contributed by atoms with E-state index in [4.69, 9.17) is 10.5 Å². The van der Waals surface area contributed by atoms with Gasteiger partial charge in [-0.1, -0.05) is 18.2 Å². The molecular weight excluding hydrogens is 296 g/mol. The minimum absolute atomic E-state index is 0.140. The van der Waals surface area contributed by atoms with Crippen molar-refractivity contribution in [2.24, 2.45) is 12.8 Å². The molecule has 0 saturated heterocycles. The summed E-state index contributed by atoms with van der Waals surface area (Å²) in [6.07, 6.45) is 1.65. The van der Waals surface area contributed by atoms with Crippen LogP contribution in [-0.4, -0.2) is 32.8 Å². The first-order chi connectivity index (χ1) is 10.5. The lowest BCUT2D eigenvalue weighted by molar-refractivity contribution is -0.169. The van der Waals surface area contributed by atoms with E-state index in [1.807, 2.05) is 35.9 Å². The molecule has 0 spiro atoms. The van der Waals surface area contributed by atoms with Gasteiger partial charge in [0.1, 0.15) is 5.60 Å². The molecule has 0 aliphatic rings. The van der Waals surface area contributed by atoms with Crippen LogP contribution in [0.25, 0.3) is 10.9 Å². The summed E-state index contributed by atoms with van der Waals surface area (Å²) in [5.74, 6) is -2.34. The van der Waals surface area contributed by atoms with Gasteiger partial charge >= 0.3 is 11.9 Å². The number of esters is 1. The molecule has 1 atom stereocenters. The summed E-state index contributed by atoms with van der Waals surface area (Å²) >= 11 is 0.